The fraction of sp³-hybridized carbons (Fsp3) is 0.143. The predicted molar refractivity (Wildman–Crippen MR) is 76.0 cm³/mol. The summed E-state index contributed by atoms with van der Waals surface area (Å²) in [6, 6.07) is 9.42. The lowest BCUT2D eigenvalue weighted by molar-refractivity contribution is -0.137. The van der Waals surface area contributed by atoms with Gasteiger partial charge in [0.1, 0.15) is 5.58 Å². The molecule has 0 spiro atoms. The van der Waals surface area contributed by atoms with Gasteiger partial charge in [-0.25, -0.2) is 0 Å². The number of nitrogens with zero attached hydrogens (tertiary/aromatic N) is 1. The molecular weight excluding hydrogens is 278 g/mol. The summed E-state index contributed by atoms with van der Waals surface area (Å²) in [6.45, 7) is 0.143. The number of furan rings is 1. The molecule has 0 saturated carbocycles. The maximum Gasteiger partial charge on any atom is 0.307 e. The van der Waals surface area contributed by atoms with Crippen LogP contribution < -0.4 is 4.87 Å². The van der Waals surface area contributed by atoms with Crippen molar-refractivity contribution in [2.45, 2.75) is 13.0 Å². The molecule has 0 unspecified atom stereocenters. The van der Waals surface area contributed by atoms with Crippen molar-refractivity contribution >= 4 is 28.3 Å². The van der Waals surface area contributed by atoms with Crippen molar-refractivity contribution in [3.8, 4) is 11.5 Å². The molecule has 102 valence electrons. The van der Waals surface area contributed by atoms with Crippen molar-refractivity contribution < 1.29 is 14.3 Å². The van der Waals surface area contributed by atoms with Crippen molar-refractivity contribution in [1.29, 1.82) is 0 Å². The largest absolute Gasteiger partial charge is 0.481 e. The van der Waals surface area contributed by atoms with Gasteiger partial charge < -0.3 is 9.52 Å². The van der Waals surface area contributed by atoms with Gasteiger partial charge in [-0.05, 0) is 12.1 Å². The van der Waals surface area contributed by atoms with Crippen LogP contribution in [0.4, 0.5) is 0 Å². The van der Waals surface area contributed by atoms with Crippen LogP contribution in [0.5, 0.6) is 0 Å². The molecule has 2 heterocycles. The minimum Gasteiger partial charge on any atom is -0.481 e. The van der Waals surface area contributed by atoms with Crippen LogP contribution in [-0.2, 0) is 11.3 Å². The first-order valence-electron chi connectivity index (χ1n) is 6.04. The number of aliphatic carboxylic acids is 1. The number of hydrogen-bond donors (Lipinski definition) is 1. The van der Waals surface area contributed by atoms with Gasteiger partial charge in [-0.3, -0.25) is 14.2 Å². The van der Waals surface area contributed by atoms with Crippen LogP contribution in [-0.4, -0.2) is 15.6 Å². The van der Waals surface area contributed by atoms with Gasteiger partial charge in [0.05, 0.1) is 12.1 Å². The Bertz CT molecular complexity index is 794. The molecule has 0 radical (unpaired) electrons. The van der Waals surface area contributed by atoms with Crippen LogP contribution in [0, 0.1) is 0 Å². The average molecular weight is 289 g/mol. The Morgan fingerprint density at radius 3 is 2.90 bits per heavy atom. The summed E-state index contributed by atoms with van der Waals surface area (Å²) < 4.78 is 7.16. The van der Waals surface area contributed by atoms with Crippen molar-refractivity contribution in [2.24, 2.45) is 0 Å². The Labute approximate surface area is 117 Å². The van der Waals surface area contributed by atoms with E-state index in [9.17, 15) is 9.59 Å². The van der Waals surface area contributed by atoms with Gasteiger partial charge in [0.15, 0.2) is 5.76 Å². The van der Waals surface area contributed by atoms with Crippen LogP contribution in [0.2, 0.25) is 0 Å². The van der Waals surface area contributed by atoms with E-state index in [-0.39, 0.29) is 17.8 Å². The molecule has 0 amide bonds. The fourth-order valence-corrected chi connectivity index (χ4v) is 2.82. The molecule has 20 heavy (non-hydrogen) atoms. The minimum atomic E-state index is -0.932. The molecule has 3 rings (SSSR count). The molecule has 0 aliphatic rings. The number of carbonyl (C=O) groups is 1. The highest BCUT2D eigenvalue weighted by atomic mass is 32.1. The average Bonchev–Trinajstić information content (AvgIpc) is 2.99. The van der Waals surface area contributed by atoms with E-state index >= 15 is 0 Å². The van der Waals surface area contributed by atoms with Gasteiger partial charge in [-0.15, -0.1) is 0 Å². The molecule has 2 aromatic heterocycles. The zero-order valence-electron chi connectivity index (χ0n) is 10.4. The summed E-state index contributed by atoms with van der Waals surface area (Å²) in [6.07, 6.45) is -0.0934. The van der Waals surface area contributed by atoms with E-state index < -0.39 is 5.97 Å². The highest BCUT2D eigenvalue weighted by Crippen LogP contribution is 2.28. The first-order chi connectivity index (χ1) is 9.65. The van der Waals surface area contributed by atoms with Gasteiger partial charge in [-0.1, -0.05) is 29.5 Å². The van der Waals surface area contributed by atoms with Gasteiger partial charge in [0, 0.05) is 17.3 Å². The number of aromatic nitrogens is 1. The van der Waals surface area contributed by atoms with Gasteiger partial charge in [0.2, 0.25) is 0 Å². The summed E-state index contributed by atoms with van der Waals surface area (Å²) in [5.41, 5.74) is 1.36. The predicted octanol–water partition coefficient (Wildman–Crippen LogP) is 2.80. The van der Waals surface area contributed by atoms with Crippen LogP contribution in [0.3, 0.4) is 0 Å². The second kappa shape index (κ2) is 4.97. The maximum absolute atomic E-state index is 11.8. The molecule has 1 aromatic carbocycles. The van der Waals surface area contributed by atoms with Crippen molar-refractivity contribution in [3.05, 3.63) is 45.4 Å². The zero-order valence-corrected chi connectivity index (χ0v) is 11.2. The third-order valence-corrected chi connectivity index (χ3v) is 3.77. The number of thiazole rings is 1. The SMILES string of the molecule is O=C(O)CCn1c(-c2cc3ccccc3o2)csc1=O. The summed E-state index contributed by atoms with van der Waals surface area (Å²) in [5, 5.41) is 11.4. The molecule has 0 saturated heterocycles. The topological polar surface area (TPSA) is 72.4 Å². The second-order valence-corrected chi connectivity index (χ2v) is 5.15. The number of carboxylic acids is 1. The lowest BCUT2D eigenvalue weighted by Gasteiger charge is -2.02. The van der Waals surface area contributed by atoms with E-state index in [4.69, 9.17) is 9.52 Å². The monoisotopic (exact) mass is 289 g/mol. The second-order valence-electron chi connectivity index (χ2n) is 4.33. The molecule has 0 atom stereocenters. The van der Waals surface area contributed by atoms with Crippen molar-refractivity contribution in [2.75, 3.05) is 0 Å². The first-order valence-corrected chi connectivity index (χ1v) is 6.92. The molecule has 0 aliphatic carbocycles. The van der Waals surface area contributed by atoms with E-state index in [2.05, 4.69) is 0 Å². The van der Waals surface area contributed by atoms with E-state index in [1.54, 1.807) is 5.38 Å². The smallest absolute Gasteiger partial charge is 0.307 e. The number of rotatable bonds is 4. The van der Waals surface area contributed by atoms with Gasteiger partial charge in [0.25, 0.3) is 0 Å². The quantitative estimate of drug-likeness (QED) is 0.801. The Hall–Kier alpha value is -2.34. The zero-order chi connectivity index (χ0) is 14.1. The molecule has 5 nitrogen and oxygen atoms in total. The first kappa shape index (κ1) is 12.7. The third-order valence-electron chi connectivity index (χ3n) is 3.01. The molecular formula is C14H11NO4S. The Morgan fingerprint density at radius 2 is 2.15 bits per heavy atom. The molecule has 3 aromatic rings. The lowest BCUT2D eigenvalue weighted by atomic mass is 10.2. The number of fused-ring (bicyclic) bond motifs is 1. The van der Waals surface area contributed by atoms with Crippen LogP contribution in [0.15, 0.2) is 44.9 Å². The third kappa shape index (κ3) is 2.25. The Balaban J connectivity index is 2.05. The van der Waals surface area contributed by atoms with E-state index in [0.717, 1.165) is 22.3 Å². The molecule has 0 fully saturated rings. The summed E-state index contributed by atoms with van der Waals surface area (Å²) in [5.74, 6) is -0.353. The van der Waals surface area contributed by atoms with Crippen molar-refractivity contribution in [3.63, 3.8) is 0 Å². The lowest BCUT2D eigenvalue weighted by Crippen LogP contribution is -2.16. The van der Waals surface area contributed by atoms with E-state index in [0.29, 0.717) is 11.5 Å². The normalized spacial score (nSPS) is 11.0. The number of benzene rings is 1. The number of hydrogen-bond acceptors (Lipinski definition) is 4. The van der Waals surface area contributed by atoms with E-state index in [1.807, 2.05) is 30.3 Å². The summed E-state index contributed by atoms with van der Waals surface area (Å²) >= 11 is 1.04. The van der Waals surface area contributed by atoms with Crippen LogP contribution in [0.1, 0.15) is 6.42 Å². The van der Waals surface area contributed by atoms with E-state index in [1.165, 1.54) is 4.57 Å². The molecule has 0 bridgehead atoms. The maximum atomic E-state index is 11.8. The van der Waals surface area contributed by atoms with Gasteiger partial charge in [-0.2, -0.15) is 0 Å². The molecule has 6 heteroatoms. The highest BCUT2D eigenvalue weighted by molar-refractivity contribution is 7.07. The number of para-hydroxylation sites is 1. The van der Waals surface area contributed by atoms with Crippen LogP contribution in [0.25, 0.3) is 22.4 Å². The molecule has 0 aliphatic heterocycles. The Kier molecular flexibility index (Phi) is 3.15. The fourth-order valence-electron chi connectivity index (χ4n) is 2.05. The Morgan fingerprint density at radius 1 is 1.35 bits per heavy atom. The summed E-state index contributed by atoms with van der Waals surface area (Å²) in [7, 11) is 0. The minimum absolute atomic E-state index is 0.0934. The standard InChI is InChI=1S/C14H11NO4S/c16-13(17)5-6-15-10(8-20-14(15)18)12-7-9-3-1-2-4-11(9)19-12/h1-4,7-8H,5-6H2,(H,16,17). The van der Waals surface area contributed by atoms with Gasteiger partial charge >= 0.3 is 10.8 Å². The van der Waals surface area contributed by atoms with Crippen LogP contribution >= 0.6 is 11.3 Å². The number of carboxylic acid groups (broad SMARTS) is 1. The summed E-state index contributed by atoms with van der Waals surface area (Å²) in [4.78, 5) is 22.3. The van der Waals surface area contributed by atoms with Crippen molar-refractivity contribution in [1.82, 2.24) is 4.57 Å². The molecule has 1 N–H and O–H groups in total. The highest BCUT2D eigenvalue weighted by Gasteiger charge is 2.14.